The molecule has 0 aliphatic carbocycles. The maximum absolute atomic E-state index is 4.71. The summed E-state index contributed by atoms with van der Waals surface area (Å²) in [6.45, 7) is 3.78. The summed E-state index contributed by atoms with van der Waals surface area (Å²) in [4.78, 5) is 4.71. The molecule has 2 aromatic heterocycles. The summed E-state index contributed by atoms with van der Waals surface area (Å²) in [5.74, 6) is 4.41. The Bertz CT molecular complexity index is 662. The van der Waals surface area contributed by atoms with E-state index in [2.05, 4.69) is 27.8 Å². The lowest BCUT2D eigenvalue weighted by Crippen LogP contribution is -2.45. The molecule has 1 aliphatic rings. The van der Waals surface area contributed by atoms with Crippen molar-refractivity contribution in [3.8, 4) is 0 Å². The monoisotopic (exact) mass is 346 g/mol. The standard InChI is InChI=1S/C17H26N6S/c1-2-18-17(20-14-7-6-12-24-13-14)19-10-5-9-16-22-21-15-8-3-4-11-23(15)16/h3-4,8,11,14H,2,5-7,9-10,12-13H2,1H3,(H2,18,19,20). The van der Waals surface area contributed by atoms with Crippen LogP contribution in [-0.4, -0.2) is 51.2 Å². The minimum atomic E-state index is 0.544. The van der Waals surface area contributed by atoms with Gasteiger partial charge in [-0.3, -0.25) is 9.39 Å². The zero-order valence-electron chi connectivity index (χ0n) is 14.2. The summed E-state index contributed by atoms with van der Waals surface area (Å²) >= 11 is 2.03. The number of pyridine rings is 1. The zero-order valence-corrected chi connectivity index (χ0v) is 15.1. The summed E-state index contributed by atoms with van der Waals surface area (Å²) < 4.78 is 2.05. The number of fused-ring (bicyclic) bond motifs is 1. The molecule has 2 aromatic rings. The largest absolute Gasteiger partial charge is 0.357 e. The molecule has 6 nitrogen and oxygen atoms in total. The Kier molecular flexibility index (Phi) is 6.34. The van der Waals surface area contributed by atoms with E-state index in [0.717, 1.165) is 43.4 Å². The van der Waals surface area contributed by atoms with E-state index >= 15 is 0 Å². The molecule has 0 bridgehead atoms. The van der Waals surface area contributed by atoms with Gasteiger partial charge >= 0.3 is 0 Å². The van der Waals surface area contributed by atoms with Crippen LogP contribution < -0.4 is 10.6 Å². The molecule has 0 amide bonds. The highest BCUT2D eigenvalue weighted by molar-refractivity contribution is 7.99. The molecule has 7 heteroatoms. The minimum Gasteiger partial charge on any atom is -0.357 e. The second-order valence-electron chi connectivity index (χ2n) is 5.97. The second kappa shape index (κ2) is 8.92. The molecule has 1 fully saturated rings. The van der Waals surface area contributed by atoms with Crippen LogP contribution in [0.2, 0.25) is 0 Å². The molecule has 0 spiro atoms. The van der Waals surface area contributed by atoms with Crippen molar-refractivity contribution < 1.29 is 0 Å². The first-order valence-corrected chi connectivity index (χ1v) is 9.93. The summed E-state index contributed by atoms with van der Waals surface area (Å²) in [7, 11) is 0. The molecular weight excluding hydrogens is 320 g/mol. The van der Waals surface area contributed by atoms with Crippen molar-refractivity contribution >= 4 is 23.4 Å². The lowest BCUT2D eigenvalue weighted by molar-refractivity contribution is 0.581. The summed E-state index contributed by atoms with van der Waals surface area (Å²) in [6, 6.07) is 6.51. The van der Waals surface area contributed by atoms with Crippen LogP contribution >= 0.6 is 11.8 Å². The first kappa shape index (κ1) is 17.1. The van der Waals surface area contributed by atoms with Gasteiger partial charge in [0.25, 0.3) is 0 Å². The minimum absolute atomic E-state index is 0.544. The molecule has 1 unspecified atom stereocenters. The van der Waals surface area contributed by atoms with E-state index in [9.17, 15) is 0 Å². The number of aliphatic imine (C=N–C) groups is 1. The van der Waals surface area contributed by atoms with Crippen LogP contribution in [0.1, 0.15) is 32.0 Å². The highest BCUT2D eigenvalue weighted by Crippen LogP contribution is 2.16. The van der Waals surface area contributed by atoms with Gasteiger partial charge in [-0.05, 0) is 44.1 Å². The third kappa shape index (κ3) is 4.63. The van der Waals surface area contributed by atoms with Gasteiger partial charge in [0.1, 0.15) is 5.82 Å². The van der Waals surface area contributed by atoms with Crippen molar-refractivity contribution in [1.82, 2.24) is 25.2 Å². The molecule has 130 valence electrons. The highest BCUT2D eigenvalue weighted by atomic mass is 32.2. The number of aryl methyl sites for hydroxylation is 1. The average molecular weight is 347 g/mol. The Morgan fingerprint density at radius 2 is 2.38 bits per heavy atom. The maximum Gasteiger partial charge on any atom is 0.191 e. The highest BCUT2D eigenvalue weighted by Gasteiger charge is 2.14. The topological polar surface area (TPSA) is 66.6 Å². The molecule has 3 heterocycles. The zero-order chi connectivity index (χ0) is 16.6. The molecule has 24 heavy (non-hydrogen) atoms. The fourth-order valence-corrected chi connectivity index (χ4v) is 3.93. The molecule has 1 aliphatic heterocycles. The molecule has 1 saturated heterocycles. The van der Waals surface area contributed by atoms with Crippen LogP contribution in [0.3, 0.4) is 0 Å². The lowest BCUT2D eigenvalue weighted by atomic mass is 10.2. The molecule has 3 rings (SSSR count). The van der Waals surface area contributed by atoms with E-state index in [0.29, 0.717) is 6.04 Å². The number of hydrogen-bond acceptors (Lipinski definition) is 4. The normalized spacial score (nSPS) is 18.7. The fraction of sp³-hybridized carbons (Fsp3) is 0.588. The summed E-state index contributed by atoms with van der Waals surface area (Å²) in [5, 5.41) is 15.4. The van der Waals surface area contributed by atoms with Crippen molar-refractivity contribution in [2.45, 2.75) is 38.6 Å². The SMILES string of the molecule is CCNC(=NCCCc1nnc2ccccn12)NC1CCCSC1. The van der Waals surface area contributed by atoms with Gasteiger partial charge in [-0.1, -0.05) is 6.07 Å². The van der Waals surface area contributed by atoms with Gasteiger partial charge in [-0.25, -0.2) is 0 Å². The smallest absolute Gasteiger partial charge is 0.191 e. The number of hydrogen-bond donors (Lipinski definition) is 2. The number of thioether (sulfide) groups is 1. The first-order valence-electron chi connectivity index (χ1n) is 8.78. The third-order valence-electron chi connectivity index (χ3n) is 4.06. The van der Waals surface area contributed by atoms with Crippen LogP contribution in [0.5, 0.6) is 0 Å². The van der Waals surface area contributed by atoms with Crippen LogP contribution in [0, 0.1) is 0 Å². The predicted octanol–water partition coefficient (Wildman–Crippen LogP) is 2.11. The van der Waals surface area contributed by atoms with E-state index in [1.807, 2.05) is 40.6 Å². The van der Waals surface area contributed by atoms with E-state index in [-0.39, 0.29) is 0 Å². The number of nitrogens with one attached hydrogen (secondary N) is 2. The molecular formula is C17H26N6S. The van der Waals surface area contributed by atoms with Gasteiger partial charge in [-0.2, -0.15) is 11.8 Å². The van der Waals surface area contributed by atoms with Crippen molar-refractivity contribution in [1.29, 1.82) is 0 Å². The summed E-state index contributed by atoms with van der Waals surface area (Å²) in [5.41, 5.74) is 0.904. The second-order valence-corrected chi connectivity index (χ2v) is 7.12. The fourth-order valence-electron chi connectivity index (χ4n) is 2.86. The number of nitrogens with zero attached hydrogens (tertiary/aromatic N) is 4. The Labute approximate surface area is 147 Å². The third-order valence-corrected chi connectivity index (χ3v) is 5.27. The quantitative estimate of drug-likeness (QED) is 0.476. The number of aromatic nitrogens is 3. The van der Waals surface area contributed by atoms with Crippen molar-refractivity contribution in [3.63, 3.8) is 0 Å². The maximum atomic E-state index is 4.71. The molecule has 0 radical (unpaired) electrons. The molecule has 1 atom stereocenters. The van der Waals surface area contributed by atoms with Crippen LogP contribution in [0.15, 0.2) is 29.4 Å². The Morgan fingerprint density at radius 3 is 3.21 bits per heavy atom. The van der Waals surface area contributed by atoms with Crippen LogP contribution in [0.25, 0.3) is 5.65 Å². The van der Waals surface area contributed by atoms with Gasteiger partial charge in [0.15, 0.2) is 11.6 Å². The van der Waals surface area contributed by atoms with E-state index in [1.54, 1.807) is 0 Å². The molecule has 2 N–H and O–H groups in total. The van der Waals surface area contributed by atoms with E-state index in [4.69, 9.17) is 4.99 Å². The summed E-state index contributed by atoms with van der Waals surface area (Å²) in [6.07, 6.45) is 6.39. The van der Waals surface area contributed by atoms with Gasteiger partial charge in [0.2, 0.25) is 0 Å². The van der Waals surface area contributed by atoms with Gasteiger partial charge < -0.3 is 10.6 Å². The van der Waals surface area contributed by atoms with E-state index in [1.165, 1.54) is 24.3 Å². The van der Waals surface area contributed by atoms with Crippen molar-refractivity contribution in [2.75, 3.05) is 24.6 Å². The van der Waals surface area contributed by atoms with Gasteiger partial charge in [0.05, 0.1) is 0 Å². The number of guanidine groups is 1. The van der Waals surface area contributed by atoms with Crippen LogP contribution in [0.4, 0.5) is 0 Å². The Morgan fingerprint density at radius 1 is 1.42 bits per heavy atom. The van der Waals surface area contributed by atoms with Gasteiger partial charge in [0, 0.05) is 37.5 Å². The molecule has 0 saturated carbocycles. The number of rotatable bonds is 6. The van der Waals surface area contributed by atoms with E-state index < -0.39 is 0 Å². The van der Waals surface area contributed by atoms with Gasteiger partial charge in [-0.15, -0.1) is 10.2 Å². The lowest BCUT2D eigenvalue weighted by Gasteiger charge is -2.24. The predicted molar refractivity (Wildman–Crippen MR) is 101 cm³/mol. The molecule has 0 aromatic carbocycles. The Balaban J connectivity index is 1.50. The van der Waals surface area contributed by atoms with Crippen molar-refractivity contribution in [3.05, 3.63) is 30.2 Å². The van der Waals surface area contributed by atoms with Crippen LogP contribution in [-0.2, 0) is 6.42 Å². The average Bonchev–Trinajstić information content (AvgIpc) is 3.03. The first-order chi connectivity index (χ1) is 11.9. The van der Waals surface area contributed by atoms with Crippen molar-refractivity contribution in [2.24, 2.45) is 4.99 Å². The Hall–Kier alpha value is -1.76.